The number of imidazole rings is 1. The molecule has 26 heavy (non-hydrogen) atoms. The van der Waals surface area contributed by atoms with Crippen LogP contribution in [0.5, 0.6) is 5.75 Å². The molecule has 1 aliphatic rings. The first-order valence-corrected chi connectivity index (χ1v) is 9.99. The van der Waals surface area contributed by atoms with Gasteiger partial charge < -0.3 is 4.74 Å². The van der Waals surface area contributed by atoms with Crippen molar-refractivity contribution in [3.05, 3.63) is 53.6 Å². The van der Waals surface area contributed by atoms with Crippen LogP contribution < -0.4 is 4.74 Å². The van der Waals surface area contributed by atoms with Gasteiger partial charge in [-0.3, -0.25) is 9.38 Å². The van der Waals surface area contributed by atoms with Gasteiger partial charge in [-0.25, -0.2) is 13.4 Å². The maximum Gasteiger partial charge on any atom is 0.262 e. The van der Waals surface area contributed by atoms with E-state index in [1.807, 2.05) is 19.1 Å². The molecule has 1 fully saturated rings. The molecule has 9 heteroatoms. The highest BCUT2D eigenvalue weighted by atomic mass is 35.5. The third-order valence-corrected chi connectivity index (χ3v) is 6.59. The van der Waals surface area contributed by atoms with Crippen LogP contribution in [0.25, 0.3) is 5.65 Å². The molecule has 3 aromatic heterocycles. The predicted octanol–water partition coefficient (Wildman–Crippen LogP) is 2.53. The van der Waals surface area contributed by atoms with E-state index in [-0.39, 0.29) is 22.8 Å². The number of hydrogen-bond acceptors (Lipinski definition) is 5. The van der Waals surface area contributed by atoms with Crippen LogP contribution in [0.15, 0.2) is 47.8 Å². The van der Waals surface area contributed by atoms with Gasteiger partial charge in [0.1, 0.15) is 17.5 Å². The highest BCUT2D eigenvalue weighted by molar-refractivity contribution is 7.89. The smallest absolute Gasteiger partial charge is 0.262 e. The van der Waals surface area contributed by atoms with E-state index in [2.05, 4.69) is 9.97 Å². The fourth-order valence-electron chi connectivity index (χ4n) is 3.03. The van der Waals surface area contributed by atoms with Crippen LogP contribution in [0, 0.1) is 6.92 Å². The lowest BCUT2D eigenvalue weighted by molar-refractivity contribution is 0.214. The molecular weight excluding hydrogens is 376 g/mol. The number of aryl methyl sites for hydroxylation is 1. The Morgan fingerprint density at radius 2 is 2.12 bits per heavy atom. The van der Waals surface area contributed by atoms with Crippen molar-refractivity contribution in [2.24, 2.45) is 0 Å². The Balaban J connectivity index is 1.57. The van der Waals surface area contributed by atoms with Gasteiger partial charge in [0.2, 0.25) is 0 Å². The lowest BCUT2D eigenvalue weighted by atomic mass is 10.3. The fourth-order valence-corrected chi connectivity index (χ4v) is 5.11. The summed E-state index contributed by atoms with van der Waals surface area (Å²) in [5.74, 6) is 0.632. The summed E-state index contributed by atoms with van der Waals surface area (Å²) >= 11 is 6.13. The van der Waals surface area contributed by atoms with E-state index in [1.54, 1.807) is 30.6 Å². The van der Waals surface area contributed by atoms with Crippen molar-refractivity contribution >= 4 is 27.3 Å². The summed E-state index contributed by atoms with van der Waals surface area (Å²) in [6.07, 6.45) is 3.66. The Kier molecular flexibility index (Phi) is 4.34. The number of rotatable bonds is 4. The molecule has 1 aliphatic heterocycles. The van der Waals surface area contributed by atoms with Crippen LogP contribution >= 0.6 is 11.6 Å². The molecule has 4 heterocycles. The molecule has 0 bridgehead atoms. The Morgan fingerprint density at radius 3 is 2.88 bits per heavy atom. The Hall–Kier alpha value is -2.16. The topological polar surface area (TPSA) is 76.8 Å². The molecule has 7 nitrogen and oxygen atoms in total. The van der Waals surface area contributed by atoms with Crippen molar-refractivity contribution in [1.82, 2.24) is 18.7 Å². The van der Waals surface area contributed by atoms with E-state index in [0.717, 1.165) is 5.69 Å². The SMILES string of the molecule is Cc1ccc(O[C@@H]2CCN(S(=O)(=O)c3c(Cl)nc4ccccn34)C2)cn1. The van der Waals surface area contributed by atoms with E-state index in [0.29, 0.717) is 24.4 Å². The second-order valence-corrected chi connectivity index (χ2v) is 8.37. The molecule has 136 valence electrons. The molecule has 0 saturated carbocycles. The summed E-state index contributed by atoms with van der Waals surface area (Å²) in [5, 5.41) is -0.0317. The van der Waals surface area contributed by atoms with Gasteiger partial charge >= 0.3 is 0 Å². The van der Waals surface area contributed by atoms with Crippen LogP contribution in [0.1, 0.15) is 12.1 Å². The van der Waals surface area contributed by atoms with Gasteiger partial charge in [0, 0.05) is 18.4 Å². The number of halogens is 1. The highest BCUT2D eigenvalue weighted by Gasteiger charge is 2.37. The van der Waals surface area contributed by atoms with Crippen molar-refractivity contribution in [1.29, 1.82) is 0 Å². The van der Waals surface area contributed by atoms with Gasteiger partial charge in [-0.05, 0) is 37.6 Å². The lowest BCUT2D eigenvalue weighted by Crippen LogP contribution is -2.32. The van der Waals surface area contributed by atoms with E-state index < -0.39 is 10.0 Å². The molecule has 0 N–H and O–H groups in total. The predicted molar refractivity (Wildman–Crippen MR) is 97.0 cm³/mol. The van der Waals surface area contributed by atoms with Crippen molar-refractivity contribution < 1.29 is 13.2 Å². The first kappa shape index (κ1) is 17.3. The van der Waals surface area contributed by atoms with Gasteiger partial charge in [0.05, 0.1) is 12.7 Å². The number of pyridine rings is 2. The van der Waals surface area contributed by atoms with Gasteiger partial charge in [-0.1, -0.05) is 17.7 Å². The Bertz CT molecular complexity index is 1050. The minimum Gasteiger partial charge on any atom is -0.487 e. The third kappa shape index (κ3) is 3.04. The lowest BCUT2D eigenvalue weighted by Gasteiger charge is -2.17. The molecule has 0 spiro atoms. The average Bonchev–Trinajstić information content (AvgIpc) is 3.21. The molecule has 1 atom stereocenters. The molecule has 0 radical (unpaired) electrons. The first-order valence-electron chi connectivity index (χ1n) is 8.17. The number of fused-ring (bicyclic) bond motifs is 1. The van der Waals surface area contributed by atoms with E-state index in [9.17, 15) is 8.42 Å². The molecule has 0 aliphatic carbocycles. The van der Waals surface area contributed by atoms with Crippen molar-refractivity contribution in [2.75, 3.05) is 13.1 Å². The van der Waals surface area contributed by atoms with Gasteiger partial charge in [-0.15, -0.1) is 0 Å². The molecule has 0 unspecified atom stereocenters. The quantitative estimate of drug-likeness (QED) is 0.681. The van der Waals surface area contributed by atoms with Crippen LogP contribution in [0.3, 0.4) is 0 Å². The summed E-state index contributed by atoms with van der Waals surface area (Å²) in [7, 11) is -3.78. The standard InChI is InChI=1S/C17H17ClN4O3S/c1-12-5-6-13(10-19-12)25-14-7-9-21(11-14)26(23,24)17-16(18)20-15-4-2-3-8-22(15)17/h2-6,8,10,14H,7,9,11H2,1H3/t14-/m1/s1. The van der Waals surface area contributed by atoms with Crippen molar-refractivity contribution in [3.8, 4) is 5.75 Å². The normalized spacial score (nSPS) is 18.5. The van der Waals surface area contributed by atoms with Crippen LogP contribution in [0.4, 0.5) is 0 Å². The zero-order valence-electron chi connectivity index (χ0n) is 14.0. The maximum absolute atomic E-state index is 13.1. The summed E-state index contributed by atoms with van der Waals surface area (Å²) in [6.45, 7) is 2.52. The van der Waals surface area contributed by atoms with E-state index >= 15 is 0 Å². The monoisotopic (exact) mass is 392 g/mol. The molecule has 1 saturated heterocycles. The number of hydrogen-bond donors (Lipinski definition) is 0. The second-order valence-electron chi connectivity index (χ2n) is 6.16. The summed E-state index contributed by atoms with van der Waals surface area (Å²) in [5.41, 5.74) is 1.39. The van der Waals surface area contributed by atoms with Gasteiger partial charge in [0.15, 0.2) is 10.2 Å². The summed E-state index contributed by atoms with van der Waals surface area (Å²) < 4.78 is 34.9. The molecular formula is C17H17ClN4O3S. The van der Waals surface area contributed by atoms with Crippen LogP contribution in [0.2, 0.25) is 5.15 Å². The zero-order valence-corrected chi connectivity index (χ0v) is 15.6. The number of sulfonamides is 1. The zero-order chi connectivity index (χ0) is 18.3. The number of nitrogens with zero attached hydrogens (tertiary/aromatic N) is 4. The van der Waals surface area contributed by atoms with Crippen LogP contribution in [-0.4, -0.2) is 46.3 Å². The minimum absolute atomic E-state index is 0.00702. The van der Waals surface area contributed by atoms with Gasteiger partial charge in [-0.2, -0.15) is 4.31 Å². The fraction of sp³-hybridized carbons (Fsp3) is 0.294. The maximum atomic E-state index is 13.1. The summed E-state index contributed by atoms with van der Waals surface area (Å²) in [6, 6.07) is 8.93. The molecule has 4 rings (SSSR count). The average molecular weight is 393 g/mol. The van der Waals surface area contributed by atoms with Crippen molar-refractivity contribution in [2.45, 2.75) is 24.5 Å². The highest BCUT2D eigenvalue weighted by Crippen LogP contribution is 2.29. The molecule has 0 aromatic carbocycles. The second kappa shape index (κ2) is 6.53. The number of aromatic nitrogens is 3. The van der Waals surface area contributed by atoms with Gasteiger partial charge in [0.25, 0.3) is 10.0 Å². The largest absolute Gasteiger partial charge is 0.487 e. The third-order valence-electron chi connectivity index (χ3n) is 4.33. The Labute approximate surface area is 156 Å². The first-order chi connectivity index (χ1) is 12.4. The van der Waals surface area contributed by atoms with E-state index in [4.69, 9.17) is 16.3 Å². The van der Waals surface area contributed by atoms with E-state index in [1.165, 1.54) is 8.71 Å². The molecule has 0 amide bonds. The molecule has 3 aromatic rings. The Morgan fingerprint density at radius 1 is 1.27 bits per heavy atom. The van der Waals surface area contributed by atoms with Crippen molar-refractivity contribution in [3.63, 3.8) is 0 Å². The van der Waals surface area contributed by atoms with Crippen LogP contribution in [-0.2, 0) is 10.0 Å². The minimum atomic E-state index is -3.78. The number of ether oxygens (including phenoxy) is 1. The summed E-state index contributed by atoms with van der Waals surface area (Å²) in [4.78, 5) is 8.32.